The van der Waals surface area contributed by atoms with E-state index in [1.807, 2.05) is 53.6 Å². The lowest BCUT2D eigenvalue weighted by molar-refractivity contribution is -0.130. The number of benzene rings is 2. The van der Waals surface area contributed by atoms with E-state index in [1.54, 1.807) is 6.07 Å². The molecule has 1 aromatic heterocycles. The van der Waals surface area contributed by atoms with Crippen molar-refractivity contribution in [3.8, 4) is 0 Å². The molecule has 5 rings (SSSR count). The van der Waals surface area contributed by atoms with Crippen LogP contribution in [-0.2, 0) is 33.9 Å². The Labute approximate surface area is 211 Å². The quantitative estimate of drug-likeness (QED) is 0.506. The minimum Gasteiger partial charge on any atom is -0.342 e. The Morgan fingerprint density at radius 2 is 1.74 bits per heavy atom. The fourth-order valence-electron chi connectivity index (χ4n) is 5.08. The number of fused-ring (bicyclic) bond motifs is 2. The van der Waals surface area contributed by atoms with Gasteiger partial charge in [-0.1, -0.05) is 41.4 Å². The SMILES string of the molecule is CS(=O)(=O)c1ccc2c(c1)CCc1cccnc1C2=C1CCN(C(=O)Cc2cccc(Cl)c2)CC1. The molecule has 180 valence electrons. The van der Waals surface area contributed by atoms with Gasteiger partial charge in [0, 0.05) is 36.1 Å². The predicted octanol–water partition coefficient (Wildman–Crippen LogP) is 4.90. The molecule has 1 saturated heterocycles. The number of nitrogens with zero attached hydrogens (tertiary/aromatic N) is 2. The zero-order valence-electron chi connectivity index (χ0n) is 19.6. The van der Waals surface area contributed by atoms with Crippen LogP contribution in [0.15, 0.2) is 71.3 Å². The number of pyridine rings is 1. The van der Waals surface area contributed by atoms with Crippen molar-refractivity contribution in [2.75, 3.05) is 19.3 Å². The number of amides is 1. The molecule has 0 unspecified atom stereocenters. The van der Waals surface area contributed by atoms with Crippen molar-refractivity contribution < 1.29 is 13.2 Å². The molecular formula is C28H27ClN2O3S. The van der Waals surface area contributed by atoms with Gasteiger partial charge in [0.15, 0.2) is 9.84 Å². The zero-order chi connectivity index (χ0) is 24.6. The third-order valence-corrected chi connectivity index (χ3v) is 8.23. The van der Waals surface area contributed by atoms with Crippen molar-refractivity contribution in [1.29, 1.82) is 0 Å². The van der Waals surface area contributed by atoms with E-state index in [4.69, 9.17) is 16.6 Å². The van der Waals surface area contributed by atoms with Gasteiger partial charge in [0.05, 0.1) is 17.0 Å². The van der Waals surface area contributed by atoms with Crippen LogP contribution in [0.5, 0.6) is 0 Å². The molecular weight excluding hydrogens is 480 g/mol. The Kier molecular flexibility index (Phi) is 6.51. The van der Waals surface area contributed by atoms with Gasteiger partial charge in [0.2, 0.25) is 5.91 Å². The van der Waals surface area contributed by atoms with Gasteiger partial charge in [0.1, 0.15) is 0 Å². The molecule has 2 aliphatic rings. The number of hydrogen-bond donors (Lipinski definition) is 0. The summed E-state index contributed by atoms with van der Waals surface area (Å²) in [5, 5.41) is 0.637. The largest absolute Gasteiger partial charge is 0.342 e. The number of carbonyl (C=O) groups excluding carboxylic acids is 1. The monoisotopic (exact) mass is 506 g/mol. The van der Waals surface area contributed by atoms with Crippen molar-refractivity contribution in [3.05, 3.63) is 99.3 Å². The maximum Gasteiger partial charge on any atom is 0.227 e. The maximum absolute atomic E-state index is 12.9. The Bertz CT molecular complexity index is 1440. The van der Waals surface area contributed by atoms with E-state index in [9.17, 15) is 13.2 Å². The third-order valence-electron chi connectivity index (χ3n) is 6.88. The van der Waals surface area contributed by atoms with E-state index < -0.39 is 9.84 Å². The molecule has 0 N–H and O–H groups in total. The normalized spacial score (nSPS) is 15.9. The fourth-order valence-corrected chi connectivity index (χ4v) is 5.97. The standard InChI is InChI=1S/C28H27ClN2O3S/c1-35(33,34)24-9-10-25-22(18-24)8-7-21-5-3-13-30-28(21)27(25)20-11-14-31(15-12-20)26(32)17-19-4-2-6-23(29)16-19/h2-6,9-10,13,16,18H,7-8,11-12,14-15,17H2,1H3. The summed E-state index contributed by atoms with van der Waals surface area (Å²) < 4.78 is 24.4. The van der Waals surface area contributed by atoms with E-state index in [0.717, 1.165) is 53.6 Å². The van der Waals surface area contributed by atoms with E-state index in [-0.39, 0.29) is 5.91 Å². The highest BCUT2D eigenvalue weighted by molar-refractivity contribution is 7.90. The van der Waals surface area contributed by atoms with E-state index in [2.05, 4.69) is 6.07 Å². The van der Waals surface area contributed by atoms with Crippen LogP contribution in [0.1, 0.15) is 40.8 Å². The summed E-state index contributed by atoms with van der Waals surface area (Å²) in [4.78, 5) is 20.0. The van der Waals surface area contributed by atoms with Crippen molar-refractivity contribution in [2.24, 2.45) is 0 Å². The van der Waals surface area contributed by atoms with Crippen LogP contribution in [-0.4, -0.2) is 43.6 Å². The number of aromatic nitrogens is 1. The van der Waals surface area contributed by atoms with Crippen LogP contribution in [0.2, 0.25) is 5.02 Å². The van der Waals surface area contributed by atoms with Crippen LogP contribution in [0.25, 0.3) is 5.57 Å². The molecule has 0 saturated carbocycles. The number of hydrogen-bond acceptors (Lipinski definition) is 4. The summed E-state index contributed by atoms with van der Waals surface area (Å²) in [5.74, 6) is 0.105. The summed E-state index contributed by atoms with van der Waals surface area (Å²) in [6.07, 6.45) is 6.51. The number of halogens is 1. The Morgan fingerprint density at radius 1 is 0.971 bits per heavy atom. The first-order chi connectivity index (χ1) is 16.8. The average Bonchev–Trinajstić information content (AvgIpc) is 3.00. The van der Waals surface area contributed by atoms with Gasteiger partial charge in [-0.25, -0.2) is 8.42 Å². The Balaban J connectivity index is 1.46. The van der Waals surface area contributed by atoms with Crippen LogP contribution in [0.4, 0.5) is 0 Å². The molecule has 1 amide bonds. The summed E-state index contributed by atoms with van der Waals surface area (Å²) in [6.45, 7) is 1.30. The average molecular weight is 507 g/mol. The first-order valence-electron chi connectivity index (χ1n) is 11.8. The maximum atomic E-state index is 12.9. The smallest absolute Gasteiger partial charge is 0.227 e. The zero-order valence-corrected chi connectivity index (χ0v) is 21.2. The predicted molar refractivity (Wildman–Crippen MR) is 138 cm³/mol. The Morgan fingerprint density at radius 3 is 2.49 bits per heavy atom. The highest BCUT2D eigenvalue weighted by atomic mass is 35.5. The van der Waals surface area contributed by atoms with Gasteiger partial charge >= 0.3 is 0 Å². The molecule has 7 heteroatoms. The lowest BCUT2D eigenvalue weighted by Crippen LogP contribution is -2.37. The number of likely N-dealkylation sites (tertiary alicyclic amines) is 1. The van der Waals surface area contributed by atoms with Crippen LogP contribution in [0, 0.1) is 0 Å². The number of aryl methyl sites for hydroxylation is 2. The van der Waals surface area contributed by atoms with Crippen molar-refractivity contribution in [3.63, 3.8) is 0 Å². The minimum atomic E-state index is -3.29. The second kappa shape index (κ2) is 9.59. The highest BCUT2D eigenvalue weighted by Crippen LogP contribution is 2.38. The summed E-state index contributed by atoms with van der Waals surface area (Å²) >= 11 is 6.08. The molecule has 5 nitrogen and oxygen atoms in total. The number of carbonyl (C=O) groups is 1. The number of rotatable bonds is 3. The fraction of sp³-hybridized carbons (Fsp3) is 0.286. The van der Waals surface area contributed by atoms with Gasteiger partial charge in [-0.3, -0.25) is 9.78 Å². The Hall–Kier alpha value is -2.96. The third kappa shape index (κ3) is 5.04. The number of sulfone groups is 1. The van der Waals surface area contributed by atoms with Crippen LogP contribution in [0.3, 0.4) is 0 Å². The molecule has 2 heterocycles. The van der Waals surface area contributed by atoms with Gasteiger partial charge < -0.3 is 4.90 Å². The molecule has 0 radical (unpaired) electrons. The second-order valence-corrected chi connectivity index (χ2v) is 11.7. The van der Waals surface area contributed by atoms with Crippen LogP contribution >= 0.6 is 11.6 Å². The van der Waals surface area contributed by atoms with Crippen molar-refractivity contribution in [1.82, 2.24) is 9.88 Å². The number of piperidine rings is 1. The molecule has 3 aromatic rings. The summed E-state index contributed by atoms with van der Waals surface area (Å²) in [7, 11) is -3.29. The molecule has 2 aromatic carbocycles. The van der Waals surface area contributed by atoms with E-state index in [1.165, 1.54) is 17.4 Å². The minimum absolute atomic E-state index is 0.105. The van der Waals surface area contributed by atoms with Gasteiger partial charge in [-0.2, -0.15) is 0 Å². The molecule has 1 aliphatic heterocycles. The highest BCUT2D eigenvalue weighted by Gasteiger charge is 2.27. The molecule has 0 spiro atoms. The van der Waals surface area contributed by atoms with E-state index in [0.29, 0.717) is 29.4 Å². The topological polar surface area (TPSA) is 67.3 Å². The molecule has 0 bridgehead atoms. The van der Waals surface area contributed by atoms with E-state index >= 15 is 0 Å². The summed E-state index contributed by atoms with van der Waals surface area (Å²) in [6, 6.07) is 17.0. The van der Waals surface area contributed by atoms with Gasteiger partial charge in [-0.15, -0.1) is 0 Å². The first kappa shape index (κ1) is 23.8. The van der Waals surface area contributed by atoms with Gasteiger partial charge in [-0.05, 0) is 78.3 Å². The first-order valence-corrected chi connectivity index (χ1v) is 14.1. The molecule has 1 fully saturated rings. The lowest BCUT2D eigenvalue weighted by Gasteiger charge is -2.30. The van der Waals surface area contributed by atoms with Crippen molar-refractivity contribution >= 4 is 32.9 Å². The van der Waals surface area contributed by atoms with Crippen molar-refractivity contribution in [2.45, 2.75) is 37.0 Å². The molecule has 0 atom stereocenters. The summed E-state index contributed by atoms with van der Waals surface area (Å²) in [5.41, 5.74) is 7.54. The lowest BCUT2D eigenvalue weighted by atomic mass is 9.88. The molecule has 35 heavy (non-hydrogen) atoms. The van der Waals surface area contributed by atoms with Crippen LogP contribution < -0.4 is 0 Å². The second-order valence-electron chi connectivity index (χ2n) is 9.27. The molecule has 1 aliphatic carbocycles. The van der Waals surface area contributed by atoms with Gasteiger partial charge in [0.25, 0.3) is 0 Å².